The van der Waals surface area contributed by atoms with Crippen molar-refractivity contribution in [1.82, 2.24) is 25.1 Å². The third-order valence-corrected chi connectivity index (χ3v) is 6.00. The Bertz CT molecular complexity index is 778. The number of nitrogens with one attached hydrogen (secondary N) is 2. The second kappa shape index (κ2) is 6.74. The number of rotatable bonds is 5. The van der Waals surface area contributed by atoms with Crippen molar-refractivity contribution in [3.63, 3.8) is 0 Å². The highest BCUT2D eigenvalue weighted by Crippen LogP contribution is 2.39. The average molecular weight is 360 g/mol. The summed E-state index contributed by atoms with van der Waals surface area (Å²) >= 11 is 1.43. The van der Waals surface area contributed by atoms with Gasteiger partial charge in [0.1, 0.15) is 16.5 Å². The number of amides is 1. The predicted molar refractivity (Wildman–Crippen MR) is 97.2 cm³/mol. The van der Waals surface area contributed by atoms with Crippen LogP contribution in [0.4, 0.5) is 5.13 Å². The lowest BCUT2D eigenvalue weighted by atomic mass is 10.1. The van der Waals surface area contributed by atoms with Gasteiger partial charge >= 0.3 is 0 Å². The van der Waals surface area contributed by atoms with Crippen LogP contribution in [-0.4, -0.2) is 38.2 Å². The maximum absolute atomic E-state index is 12.7. The number of aromatic nitrogens is 4. The van der Waals surface area contributed by atoms with Crippen LogP contribution in [0.3, 0.4) is 0 Å². The minimum atomic E-state index is -0.00997. The van der Waals surface area contributed by atoms with Gasteiger partial charge in [-0.3, -0.25) is 4.79 Å². The van der Waals surface area contributed by atoms with Crippen molar-refractivity contribution in [2.45, 2.75) is 64.5 Å². The van der Waals surface area contributed by atoms with Gasteiger partial charge in [-0.15, -0.1) is 10.2 Å². The first kappa shape index (κ1) is 16.5. The van der Waals surface area contributed by atoms with Crippen molar-refractivity contribution in [3.05, 3.63) is 22.2 Å². The zero-order chi connectivity index (χ0) is 17.4. The first-order chi connectivity index (χ1) is 12.2. The Morgan fingerprint density at radius 1 is 1.28 bits per heavy atom. The number of hydrogen-bond donors (Lipinski definition) is 2. The van der Waals surface area contributed by atoms with Crippen LogP contribution in [0.15, 0.2) is 0 Å². The van der Waals surface area contributed by atoms with Crippen molar-refractivity contribution in [2.24, 2.45) is 0 Å². The van der Waals surface area contributed by atoms with E-state index in [9.17, 15) is 4.79 Å². The highest BCUT2D eigenvalue weighted by molar-refractivity contribution is 7.17. The number of thiazole rings is 1. The second-order valence-corrected chi connectivity index (χ2v) is 7.86. The van der Waals surface area contributed by atoms with Crippen LogP contribution >= 0.6 is 11.3 Å². The van der Waals surface area contributed by atoms with E-state index in [0.717, 1.165) is 54.8 Å². The van der Waals surface area contributed by atoms with Crippen molar-refractivity contribution in [3.8, 4) is 0 Å². The predicted octanol–water partition coefficient (Wildman–Crippen LogP) is 2.49. The number of anilines is 1. The van der Waals surface area contributed by atoms with E-state index in [1.807, 2.05) is 13.8 Å². The van der Waals surface area contributed by atoms with Gasteiger partial charge in [0.15, 0.2) is 5.13 Å². The third kappa shape index (κ3) is 3.40. The van der Waals surface area contributed by atoms with Gasteiger partial charge in [-0.1, -0.05) is 11.3 Å². The second-order valence-electron chi connectivity index (χ2n) is 6.86. The van der Waals surface area contributed by atoms with E-state index in [1.54, 1.807) is 0 Å². The van der Waals surface area contributed by atoms with E-state index in [1.165, 1.54) is 24.2 Å². The van der Waals surface area contributed by atoms with E-state index >= 15 is 0 Å². The maximum atomic E-state index is 12.7. The topological polar surface area (TPSA) is 84.7 Å². The molecule has 1 atom stereocenters. The van der Waals surface area contributed by atoms with Crippen LogP contribution in [0.25, 0.3) is 0 Å². The lowest BCUT2D eigenvalue weighted by molar-refractivity contribution is 0.0936. The summed E-state index contributed by atoms with van der Waals surface area (Å²) in [6, 6.07) is 0.172. The molecule has 1 saturated carbocycles. The molecule has 3 heterocycles. The minimum absolute atomic E-state index is 0.00997. The zero-order valence-corrected chi connectivity index (χ0v) is 15.5. The monoisotopic (exact) mass is 360 g/mol. The molecule has 1 aliphatic carbocycles. The highest BCUT2D eigenvalue weighted by Gasteiger charge is 2.31. The van der Waals surface area contributed by atoms with Crippen LogP contribution in [0.2, 0.25) is 0 Å². The lowest BCUT2D eigenvalue weighted by Crippen LogP contribution is -2.35. The molecule has 0 aromatic carbocycles. The van der Waals surface area contributed by atoms with E-state index < -0.39 is 0 Å². The fourth-order valence-electron chi connectivity index (χ4n) is 3.38. The molecule has 2 aliphatic rings. The van der Waals surface area contributed by atoms with E-state index in [0.29, 0.717) is 10.8 Å². The Morgan fingerprint density at radius 2 is 2.12 bits per heavy atom. The molecular weight excluding hydrogens is 336 g/mol. The third-order valence-electron chi connectivity index (χ3n) is 4.88. The number of aryl methyl sites for hydroxylation is 2. The summed E-state index contributed by atoms with van der Waals surface area (Å²) in [6.45, 7) is 5.61. The SMILES string of the molecule is CCNc1nc(C)c(C(=O)NC2CCc3nnc(C4CC4)n3CC2)s1. The van der Waals surface area contributed by atoms with Crippen LogP contribution in [0, 0.1) is 6.92 Å². The molecule has 134 valence electrons. The van der Waals surface area contributed by atoms with E-state index in [-0.39, 0.29) is 11.9 Å². The maximum Gasteiger partial charge on any atom is 0.263 e. The van der Waals surface area contributed by atoms with Crippen LogP contribution in [0.1, 0.15) is 65.5 Å². The molecule has 2 aromatic heterocycles. The first-order valence-electron chi connectivity index (χ1n) is 9.09. The van der Waals surface area contributed by atoms with Gasteiger partial charge in [0.05, 0.1) is 5.69 Å². The van der Waals surface area contributed by atoms with Crippen molar-refractivity contribution >= 4 is 22.4 Å². The fraction of sp³-hybridized carbons (Fsp3) is 0.647. The summed E-state index contributed by atoms with van der Waals surface area (Å²) in [4.78, 5) is 17.8. The quantitative estimate of drug-likeness (QED) is 0.856. The Balaban J connectivity index is 1.41. The number of carbonyl (C=O) groups is 1. The smallest absolute Gasteiger partial charge is 0.263 e. The van der Waals surface area contributed by atoms with Gasteiger partial charge in [-0.2, -0.15) is 0 Å². The number of carbonyl (C=O) groups excluding carboxylic acids is 1. The molecule has 1 amide bonds. The van der Waals surface area contributed by atoms with E-state index in [2.05, 4.69) is 30.4 Å². The van der Waals surface area contributed by atoms with Crippen LogP contribution in [0.5, 0.6) is 0 Å². The molecular formula is C17H24N6OS. The summed E-state index contributed by atoms with van der Waals surface area (Å²) in [5.41, 5.74) is 0.792. The standard InChI is InChI=1S/C17H24N6OS/c1-3-18-17-19-10(2)14(25-17)16(24)20-12-6-7-13-21-22-15(11-4-5-11)23(13)9-8-12/h11-12H,3-9H2,1-2H3,(H,18,19)(H,20,24). The summed E-state index contributed by atoms with van der Waals surface area (Å²) < 4.78 is 2.28. The molecule has 2 N–H and O–H groups in total. The van der Waals surface area contributed by atoms with Crippen molar-refractivity contribution in [1.29, 1.82) is 0 Å². The molecule has 4 rings (SSSR count). The van der Waals surface area contributed by atoms with Gasteiger partial charge in [-0.05, 0) is 39.5 Å². The molecule has 0 radical (unpaired) electrons. The summed E-state index contributed by atoms with van der Waals surface area (Å²) in [7, 11) is 0. The first-order valence-corrected chi connectivity index (χ1v) is 9.91. The minimum Gasteiger partial charge on any atom is -0.362 e. The molecule has 7 nitrogen and oxygen atoms in total. The number of nitrogens with zero attached hydrogens (tertiary/aromatic N) is 4. The molecule has 8 heteroatoms. The number of fused-ring (bicyclic) bond motifs is 1. The molecule has 1 unspecified atom stereocenters. The van der Waals surface area contributed by atoms with Gasteiger partial charge < -0.3 is 15.2 Å². The lowest BCUT2D eigenvalue weighted by Gasteiger charge is -2.15. The number of hydrogen-bond acceptors (Lipinski definition) is 6. The molecule has 25 heavy (non-hydrogen) atoms. The largest absolute Gasteiger partial charge is 0.362 e. The molecule has 1 aliphatic heterocycles. The molecule has 2 aromatic rings. The normalized spacial score (nSPS) is 20.0. The fourth-order valence-corrected chi connectivity index (χ4v) is 4.32. The Kier molecular flexibility index (Phi) is 4.45. The summed E-state index contributed by atoms with van der Waals surface area (Å²) in [5.74, 6) is 2.82. The van der Waals surface area contributed by atoms with Crippen molar-refractivity contribution in [2.75, 3.05) is 11.9 Å². The van der Waals surface area contributed by atoms with Gasteiger partial charge in [0.2, 0.25) is 0 Å². The molecule has 0 bridgehead atoms. The van der Waals surface area contributed by atoms with Crippen molar-refractivity contribution < 1.29 is 4.79 Å². The molecule has 1 fully saturated rings. The highest BCUT2D eigenvalue weighted by atomic mass is 32.1. The van der Waals surface area contributed by atoms with Gasteiger partial charge in [0, 0.05) is 31.5 Å². The van der Waals surface area contributed by atoms with Crippen LogP contribution in [-0.2, 0) is 13.0 Å². The van der Waals surface area contributed by atoms with Crippen LogP contribution < -0.4 is 10.6 Å². The summed E-state index contributed by atoms with van der Waals surface area (Å²) in [6.07, 6.45) is 5.17. The van der Waals surface area contributed by atoms with Gasteiger partial charge in [0.25, 0.3) is 5.91 Å². The zero-order valence-electron chi connectivity index (χ0n) is 14.7. The average Bonchev–Trinajstić information content (AvgIpc) is 3.30. The Morgan fingerprint density at radius 3 is 2.88 bits per heavy atom. The molecule has 0 spiro atoms. The Hall–Kier alpha value is -1.96. The van der Waals surface area contributed by atoms with Gasteiger partial charge in [-0.25, -0.2) is 4.98 Å². The van der Waals surface area contributed by atoms with E-state index in [4.69, 9.17) is 0 Å². The Labute approximate surface area is 151 Å². The summed E-state index contributed by atoms with van der Waals surface area (Å²) in [5, 5.41) is 15.9. The molecule has 0 saturated heterocycles.